The van der Waals surface area contributed by atoms with Crippen molar-refractivity contribution in [2.75, 3.05) is 26.2 Å². The maximum atomic E-state index is 15.2. The molecule has 2 heterocycles. The van der Waals surface area contributed by atoms with Gasteiger partial charge >= 0.3 is 5.97 Å². The third-order valence-corrected chi connectivity index (χ3v) is 11.5. The number of nitrogens with zero attached hydrogens (tertiary/aromatic N) is 2. The highest BCUT2D eigenvalue weighted by atomic mass is 35.5. The summed E-state index contributed by atoms with van der Waals surface area (Å²) in [6.07, 6.45) is 5.35. The molecule has 14 heteroatoms. The highest BCUT2D eigenvalue weighted by Gasteiger charge is 2.69. The van der Waals surface area contributed by atoms with Crippen molar-refractivity contribution < 1.29 is 43.7 Å². The second kappa shape index (κ2) is 13.9. The number of benzene rings is 3. The van der Waals surface area contributed by atoms with Gasteiger partial charge in [0.25, 0.3) is 11.8 Å². The maximum Gasteiger partial charge on any atom is 0.305 e. The van der Waals surface area contributed by atoms with Crippen molar-refractivity contribution in [3.05, 3.63) is 99.6 Å². The second-order valence-electron chi connectivity index (χ2n) is 13.5. The number of carbonyl (C=O) groups excluding carboxylic acids is 4. The van der Waals surface area contributed by atoms with Gasteiger partial charge in [-0.2, -0.15) is 5.01 Å². The van der Waals surface area contributed by atoms with Crippen molar-refractivity contribution in [2.45, 2.75) is 24.7 Å². The summed E-state index contributed by atoms with van der Waals surface area (Å²) < 4.78 is 10.8. The average molecular weight is 761 g/mol. The number of halogens is 2. The Bertz CT molecular complexity index is 2100. The molecule has 0 radical (unpaired) electrons. The van der Waals surface area contributed by atoms with Crippen LogP contribution >= 0.6 is 23.2 Å². The Balaban J connectivity index is 1.41. The molecule has 2 aliphatic heterocycles. The zero-order valence-corrected chi connectivity index (χ0v) is 30.1. The fraction of sp³-hybridized carbons (Fsp3) is 0.308. The van der Waals surface area contributed by atoms with E-state index >= 15 is 4.79 Å². The molecule has 274 valence electrons. The predicted octanol–water partition coefficient (Wildman–Crippen LogP) is 5.72. The minimum atomic E-state index is -1.55. The molecular weight excluding hydrogens is 725 g/mol. The monoisotopic (exact) mass is 759 g/mol. The molecule has 7 rings (SSSR count). The third kappa shape index (κ3) is 5.90. The van der Waals surface area contributed by atoms with Crippen molar-refractivity contribution >= 4 is 64.6 Å². The minimum absolute atomic E-state index is 0.0549. The van der Waals surface area contributed by atoms with Crippen molar-refractivity contribution in [3.63, 3.8) is 0 Å². The van der Waals surface area contributed by atoms with Gasteiger partial charge in [0.2, 0.25) is 11.8 Å². The molecule has 6 atom stereocenters. The molecule has 2 saturated heterocycles. The largest absolute Gasteiger partial charge is 0.504 e. The van der Waals surface area contributed by atoms with Gasteiger partial charge < -0.3 is 19.7 Å². The summed E-state index contributed by atoms with van der Waals surface area (Å²) in [4.78, 5) is 70.1. The van der Waals surface area contributed by atoms with Crippen LogP contribution in [0.3, 0.4) is 0 Å². The van der Waals surface area contributed by atoms with E-state index in [1.54, 1.807) is 54.6 Å². The number of phenols is 1. The van der Waals surface area contributed by atoms with Crippen LogP contribution in [0.2, 0.25) is 10.0 Å². The zero-order chi connectivity index (χ0) is 37.8. The number of hydrazine groups is 1. The number of carboxylic acid groups (broad SMARTS) is 1. The number of phenolic OH excluding ortho intramolecular Hbond substituents is 1. The van der Waals surface area contributed by atoms with E-state index in [9.17, 15) is 29.4 Å². The number of nitrogens with one attached hydrogen (secondary N) is 1. The molecule has 12 nitrogen and oxygen atoms in total. The number of carboxylic acids is 1. The molecule has 0 bridgehead atoms. The Labute approximate surface area is 314 Å². The van der Waals surface area contributed by atoms with E-state index in [2.05, 4.69) is 5.43 Å². The number of likely N-dealkylation sites (tertiary alicyclic amines) is 1. The number of allylic oxidation sites excluding steroid dienone is 3. The van der Waals surface area contributed by atoms with Crippen LogP contribution in [0.25, 0.3) is 6.08 Å². The molecule has 2 aliphatic carbocycles. The zero-order valence-electron chi connectivity index (χ0n) is 28.6. The van der Waals surface area contributed by atoms with Crippen molar-refractivity contribution in [1.29, 1.82) is 0 Å². The normalized spacial score (nSPS) is 26.3. The Hall–Kier alpha value is -5.33. The summed E-state index contributed by atoms with van der Waals surface area (Å²) in [7, 11) is 2.95. The summed E-state index contributed by atoms with van der Waals surface area (Å²) in [5.41, 5.74) is 3.55. The lowest BCUT2D eigenvalue weighted by Gasteiger charge is -2.49. The number of ether oxygens (including phenoxy) is 2. The van der Waals surface area contributed by atoms with Gasteiger partial charge in [0.15, 0.2) is 11.5 Å². The topological polar surface area (TPSA) is 163 Å². The average Bonchev–Trinajstić information content (AvgIpc) is 3.52. The van der Waals surface area contributed by atoms with E-state index in [1.165, 1.54) is 26.4 Å². The molecule has 3 aromatic rings. The highest BCUT2D eigenvalue weighted by Crippen LogP contribution is 2.61. The smallest absolute Gasteiger partial charge is 0.305 e. The predicted molar refractivity (Wildman–Crippen MR) is 194 cm³/mol. The Morgan fingerprint density at radius 3 is 2.40 bits per heavy atom. The summed E-state index contributed by atoms with van der Waals surface area (Å²) in [6.45, 7) is -0.260. The van der Waals surface area contributed by atoms with E-state index in [4.69, 9.17) is 32.7 Å². The van der Waals surface area contributed by atoms with Crippen molar-refractivity contribution in [1.82, 2.24) is 9.91 Å². The fourth-order valence-corrected chi connectivity index (χ4v) is 9.04. The van der Waals surface area contributed by atoms with E-state index in [-0.39, 0.29) is 41.6 Å². The quantitative estimate of drug-likeness (QED) is 0.172. The number of hydrogen-bond donors (Lipinski definition) is 3. The van der Waals surface area contributed by atoms with Gasteiger partial charge in [0, 0.05) is 17.5 Å². The first-order chi connectivity index (χ1) is 25.4. The molecular formula is C39H35Cl2N3O9. The molecule has 0 aromatic heterocycles. The van der Waals surface area contributed by atoms with Gasteiger partial charge in [-0.15, -0.1) is 0 Å². The molecule has 3 N–H and O–H groups in total. The van der Waals surface area contributed by atoms with E-state index < -0.39 is 71.0 Å². The van der Waals surface area contributed by atoms with Gasteiger partial charge in [-0.05, 0) is 72.4 Å². The van der Waals surface area contributed by atoms with E-state index in [0.29, 0.717) is 27.5 Å². The third-order valence-electron chi connectivity index (χ3n) is 11.0. The van der Waals surface area contributed by atoms with Crippen molar-refractivity contribution in [3.8, 4) is 17.2 Å². The number of aliphatic carboxylic acids is 1. The Morgan fingerprint density at radius 2 is 1.72 bits per heavy atom. The van der Waals surface area contributed by atoms with Crippen LogP contribution in [-0.4, -0.2) is 70.5 Å². The second-order valence-corrected chi connectivity index (χ2v) is 14.4. The van der Waals surface area contributed by atoms with Gasteiger partial charge in [-0.3, -0.25) is 34.3 Å². The van der Waals surface area contributed by atoms with E-state index in [0.717, 1.165) is 9.91 Å². The molecule has 4 amide bonds. The van der Waals surface area contributed by atoms with Gasteiger partial charge in [0.1, 0.15) is 5.75 Å². The van der Waals surface area contributed by atoms with Gasteiger partial charge in [-0.1, -0.05) is 65.2 Å². The molecule has 1 saturated carbocycles. The number of anilines is 1. The number of aromatic hydroxyl groups is 1. The molecule has 3 fully saturated rings. The number of carbonyl (C=O) groups is 5. The summed E-state index contributed by atoms with van der Waals surface area (Å²) in [5, 5.41) is 21.1. The van der Waals surface area contributed by atoms with Crippen LogP contribution in [0.1, 0.15) is 30.4 Å². The molecule has 6 unspecified atom stereocenters. The number of rotatable bonds is 10. The summed E-state index contributed by atoms with van der Waals surface area (Å²) in [5.74, 6) is -6.54. The van der Waals surface area contributed by atoms with Gasteiger partial charge in [0.05, 0.1) is 54.5 Å². The van der Waals surface area contributed by atoms with Crippen LogP contribution in [0.15, 0.2) is 78.4 Å². The summed E-state index contributed by atoms with van der Waals surface area (Å²) in [6, 6.07) is 16.3. The van der Waals surface area contributed by atoms with Crippen molar-refractivity contribution in [2.24, 2.45) is 29.6 Å². The highest BCUT2D eigenvalue weighted by molar-refractivity contribution is 6.36. The first-order valence-electron chi connectivity index (χ1n) is 17.0. The number of amides is 4. The van der Waals surface area contributed by atoms with Crippen LogP contribution in [0, 0.1) is 29.6 Å². The standard InChI is InChI=1S/C39H35Cl2N3O9/c1-52-23-8-5-21(6-9-23)39-27(12-3-20-4-14-31(45)32(17-20)53-2)24-10-11-25-34(37(50)43(35(25)48)16-15-33(46)47)26(24)19-28(39)36(49)44(38(39)51)42-30-13-7-22(40)18-29(30)41/h3-10,12-14,17-18,25-28,34,42,45H,11,15-16,19H2,1-2H3,(H,46,47). The van der Waals surface area contributed by atoms with Crippen LogP contribution in [0.4, 0.5) is 5.69 Å². The first kappa shape index (κ1) is 36.0. The minimum Gasteiger partial charge on any atom is -0.504 e. The number of fused-ring (bicyclic) bond motifs is 4. The number of imide groups is 2. The molecule has 53 heavy (non-hydrogen) atoms. The Kier molecular flexibility index (Phi) is 9.46. The fourth-order valence-electron chi connectivity index (χ4n) is 8.59. The number of hydrogen-bond acceptors (Lipinski definition) is 9. The summed E-state index contributed by atoms with van der Waals surface area (Å²) >= 11 is 12.6. The van der Waals surface area contributed by atoms with Crippen LogP contribution < -0.4 is 14.9 Å². The molecule has 0 spiro atoms. The first-order valence-corrected chi connectivity index (χ1v) is 17.7. The SMILES string of the molecule is COc1ccc(C23C(=O)N(Nc4ccc(Cl)cc4Cl)C(=O)C2CC2C(=CCC4C(=O)N(CCC(=O)O)C(=O)C42)C3C=Cc2ccc(O)c(OC)c2)cc1. The van der Waals surface area contributed by atoms with E-state index in [1.807, 2.05) is 12.2 Å². The lowest BCUT2D eigenvalue weighted by molar-refractivity contribution is -0.143. The van der Waals surface area contributed by atoms with Gasteiger partial charge in [-0.25, -0.2) is 0 Å². The van der Waals surface area contributed by atoms with Crippen LogP contribution in [-0.2, 0) is 29.4 Å². The molecule has 4 aliphatic rings. The maximum absolute atomic E-state index is 15.2. The Morgan fingerprint density at radius 1 is 0.962 bits per heavy atom. The number of methoxy groups -OCH3 is 2. The molecule has 3 aromatic carbocycles. The van der Waals surface area contributed by atoms with Crippen LogP contribution in [0.5, 0.6) is 17.2 Å². The lowest BCUT2D eigenvalue weighted by Crippen LogP contribution is -2.54. The lowest BCUT2D eigenvalue weighted by atomic mass is 9.50.